The Morgan fingerprint density at radius 1 is 1.20 bits per heavy atom. The molecular weight excluding hydrogens is 123 g/mol. The van der Waals surface area contributed by atoms with E-state index in [0.717, 1.165) is 12.1 Å². The summed E-state index contributed by atoms with van der Waals surface area (Å²) in [4.78, 5) is 5.02. The molecule has 2 rings (SSSR count). The van der Waals surface area contributed by atoms with E-state index in [1.807, 2.05) is 0 Å². The maximum Gasteiger partial charge on any atom is 0.186 e. The van der Waals surface area contributed by atoms with E-state index in [2.05, 4.69) is 24.7 Å². The van der Waals surface area contributed by atoms with Gasteiger partial charge in [0, 0.05) is 25.2 Å². The highest BCUT2D eigenvalue weighted by Crippen LogP contribution is 2.26. The van der Waals surface area contributed by atoms with Crippen LogP contribution in [0.15, 0.2) is 0 Å². The highest BCUT2D eigenvalue weighted by molar-refractivity contribution is 6.05. The van der Waals surface area contributed by atoms with Crippen molar-refractivity contribution in [3.8, 4) is 0 Å². The zero-order valence-electron chi connectivity index (χ0n) is 6.88. The first-order valence-corrected chi connectivity index (χ1v) is 4.18. The molecular formula is C7H15BN2. The number of piperazine rings is 1. The average Bonchev–Trinajstić information content (AvgIpc) is 2.20. The van der Waals surface area contributed by atoms with Gasteiger partial charge in [-0.3, -0.25) is 0 Å². The molecule has 2 heterocycles. The highest BCUT2D eigenvalue weighted by atomic mass is 15.3. The Labute approximate surface area is 63.6 Å². The lowest BCUT2D eigenvalue weighted by Crippen LogP contribution is -2.50. The number of fused-ring (bicyclic) bond motifs is 2. The molecule has 2 bridgehead atoms. The van der Waals surface area contributed by atoms with Gasteiger partial charge in [0.05, 0.1) is 0 Å². The third-order valence-corrected chi connectivity index (χ3v) is 3.03. The van der Waals surface area contributed by atoms with Crippen molar-refractivity contribution < 1.29 is 0 Å². The molecule has 0 radical (unpaired) electrons. The first-order valence-electron chi connectivity index (χ1n) is 4.18. The number of nitrogens with zero attached hydrogens (tertiary/aromatic N) is 2. The van der Waals surface area contributed by atoms with Crippen LogP contribution in [-0.4, -0.2) is 49.9 Å². The van der Waals surface area contributed by atoms with Crippen molar-refractivity contribution in [1.29, 1.82) is 0 Å². The van der Waals surface area contributed by atoms with E-state index in [-0.39, 0.29) is 0 Å². The van der Waals surface area contributed by atoms with Crippen molar-refractivity contribution in [2.45, 2.75) is 24.9 Å². The van der Waals surface area contributed by atoms with Gasteiger partial charge in [-0.1, -0.05) is 0 Å². The summed E-state index contributed by atoms with van der Waals surface area (Å²) < 4.78 is 0. The number of hydrogen-bond acceptors (Lipinski definition) is 2. The lowest BCUT2D eigenvalue weighted by Gasteiger charge is -2.37. The van der Waals surface area contributed by atoms with Gasteiger partial charge in [0.1, 0.15) is 0 Å². The first-order chi connectivity index (χ1) is 4.77. The van der Waals surface area contributed by atoms with Crippen LogP contribution in [0.5, 0.6) is 0 Å². The second kappa shape index (κ2) is 2.24. The van der Waals surface area contributed by atoms with E-state index < -0.39 is 0 Å². The van der Waals surface area contributed by atoms with Crippen molar-refractivity contribution in [3.05, 3.63) is 0 Å². The minimum Gasteiger partial charge on any atom is -0.341 e. The molecule has 2 atom stereocenters. The Bertz CT molecular complexity index is 126. The van der Waals surface area contributed by atoms with Gasteiger partial charge < -0.3 is 9.71 Å². The molecule has 0 N–H and O–H groups in total. The van der Waals surface area contributed by atoms with Gasteiger partial charge >= 0.3 is 0 Å². The third kappa shape index (κ3) is 0.885. The van der Waals surface area contributed by atoms with Crippen LogP contribution < -0.4 is 0 Å². The first kappa shape index (κ1) is 6.68. The van der Waals surface area contributed by atoms with Gasteiger partial charge in [0.25, 0.3) is 0 Å². The van der Waals surface area contributed by atoms with Crippen LogP contribution in [0.4, 0.5) is 0 Å². The topological polar surface area (TPSA) is 6.48 Å². The maximum atomic E-state index is 2.56. The molecule has 0 amide bonds. The molecule has 2 aliphatic heterocycles. The van der Waals surface area contributed by atoms with Gasteiger partial charge in [0.15, 0.2) is 7.98 Å². The van der Waals surface area contributed by atoms with Crippen LogP contribution in [-0.2, 0) is 0 Å². The lowest BCUT2D eigenvalue weighted by molar-refractivity contribution is 0.157. The van der Waals surface area contributed by atoms with Gasteiger partial charge in [-0.2, -0.15) is 0 Å². The molecule has 2 aliphatic rings. The van der Waals surface area contributed by atoms with E-state index >= 15 is 0 Å². The molecule has 0 aliphatic carbocycles. The van der Waals surface area contributed by atoms with E-state index in [0.29, 0.717) is 0 Å². The predicted molar refractivity (Wildman–Crippen MR) is 44.7 cm³/mol. The molecule has 0 aromatic carbocycles. The molecule has 56 valence electrons. The van der Waals surface area contributed by atoms with Gasteiger partial charge in [0.2, 0.25) is 0 Å². The molecule has 0 aromatic rings. The van der Waals surface area contributed by atoms with Crippen molar-refractivity contribution in [1.82, 2.24) is 9.71 Å². The zero-order valence-corrected chi connectivity index (χ0v) is 6.88. The van der Waals surface area contributed by atoms with Gasteiger partial charge in [-0.15, -0.1) is 0 Å². The van der Waals surface area contributed by atoms with Crippen molar-refractivity contribution in [2.75, 3.05) is 20.1 Å². The molecule has 0 aromatic heterocycles. The molecule has 10 heavy (non-hydrogen) atoms. The number of hydrogen-bond donors (Lipinski definition) is 0. The summed E-state index contributed by atoms with van der Waals surface area (Å²) in [5.74, 6) is 0. The summed E-state index contributed by atoms with van der Waals surface area (Å²) in [6, 6.07) is 1.73. The summed E-state index contributed by atoms with van der Waals surface area (Å²) in [6.45, 7) is 2.57. The number of rotatable bonds is 0. The largest absolute Gasteiger partial charge is 0.341 e. The molecule has 0 spiro atoms. The van der Waals surface area contributed by atoms with Crippen LogP contribution in [0.3, 0.4) is 0 Å². The fourth-order valence-electron chi connectivity index (χ4n) is 2.32. The van der Waals surface area contributed by atoms with E-state index in [4.69, 9.17) is 0 Å². The summed E-state index contributed by atoms with van der Waals surface area (Å²) in [6.07, 6.45) is 2.84. The standard InChI is InChI=1S/C7H15BN2/c1-9-4-6-2-3-7(5-9)10(6)8/h6-7H,2-5,8H2,1H3. The predicted octanol–water partition coefficient (Wildman–Crippen LogP) is -0.687. The van der Waals surface area contributed by atoms with Crippen LogP contribution in [0.1, 0.15) is 12.8 Å². The zero-order chi connectivity index (χ0) is 7.14. The van der Waals surface area contributed by atoms with Crippen LogP contribution >= 0.6 is 0 Å². The molecule has 3 heteroatoms. The van der Waals surface area contributed by atoms with Crippen LogP contribution in [0, 0.1) is 0 Å². The van der Waals surface area contributed by atoms with Crippen molar-refractivity contribution >= 4 is 7.98 Å². The molecule has 2 saturated heterocycles. The SMILES string of the molecule is BN1C2CCC1CN(C)C2. The van der Waals surface area contributed by atoms with Crippen LogP contribution in [0.25, 0.3) is 0 Å². The quantitative estimate of drug-likeness (QED) is 0.409. The minimum absolute atomic E-state index is 0.865. The molecule has 2 unspecified atom stereocenters. The number of likely N-dealkylation sites (N-methyl/N-ethyl adjacent to an activating group) is 1. The molecule has 2 fully saturated rings. The van der Waals surface area contributed by atoms with Gasteiger partial charge in [-0.25, -0.2) is 0 Å². The molecule has 0 saturated carbocycles. The fourth-order valence-corrected chi connectivity index (χ4v) is 2.32. The fraction of sp³-hybridized carbons (Fsp3) is 1.00. The molecule has 2 nitrogen and oxygen atoms in total. The second-order valence-electron chi connectivity index (χ2n) is 3.77. The van der Waals surface area contributed by atoms with Gasteiger partial charge in [-0.05, 0) is 19.9 Å². The average molecular weight is 138 g/mol. The third-order valence-electron chi connectivity index (χ3n) is 3.03. The van der Waals surface area contributed by atoms with E-state index in [1.165, 1.54) is 25.9 Å². The normalized spacial score (nSPS) is 42.5. The van der Waals surface area contributed by atoms with E-state index in [1.54, 1.807) is 0 Å². The second-order valence-corrected chi connectivity index (χ2v) is 3.77. The van der Waals surface area contributed by atoms with Crippen molar-refractivity contribution in [3.63, 3.8) is 0 Å². The Morgan fingerprint density at radius 2 is 1.70 bits per heavy atom. The Morgan fingerprint density at radius 3 is 2.20 bits per heavy atom. The summed E-state index contributed by atoms with van der Waals surface area (Å²) in [5, 5.41) is 0. The Balaban J connectivity index is 2.09. The minimum atomic E-state index is 0.865. The number of likely N-dealkylation sites (tertiary alicyclic amines) is 1. The summed E-state index contributed by atoms with van der Waals surface area (Å²) in [5.41, 5.74) is 0. The lowest BCUT2D eigenvalue weighted by atomic mass is 10.1. The van der Waals surface area contributed by atoms with Crippen molar-refractivity contribution in [2.24, 2.45) is 0 Å². The smallest absolute Gasteiger partial charge is 0.186 e. The van der Waals surface area contributed by atoms with Crippen LogP contribution in [0.2, 0.25) is 0 Å². The highest BCUT2D eigenvalue weighted by Gasteiger charge is 2.35. The summed E-state index contributed by atoms with van der Waals surface area (Å²) in [7, 11) is 4.51. The Kier molecular flexibility index (Phi) is 1.50. The maximum absolute atomic E-state index is 2.56. The monoisotopic (exact) mass is 138 g/mol. The Hall–Kier alpha value is -0.0151. The van der Waals surface area contributed by atoms with E-state index in [9.17, 15) is 0 Å². The summed E-state index contributed by atoms with van der Waals surface area (Å²) >= 11 is 0.